The molecule has 3 nitrogen and oxygen atoms in total. The Morgan fingerprint density at radius 3 is 2.92 bits per heavy atom. The van der Waals surface area contributed by atoms with Crippen molar-refractivity contribution in [2.24, 2.45) is 0 Å². The van der Waals surface area contributed by atoms with Crippen LogP contribution in [0.4, 0.5) is 0 Å². The molecule has 1 rings (SSSR count). The van der Waals surface area contributed by atoms with Crippen LogP contribution in [0.5, 0.6) is 0 Å². The summed E-state index contributed by atoms with van der Waals surface area (Å²) in [5.74, 6) is 0. The molecule has 1 aromatic heterocycles. The third-order valence-corrected chi connectivity index (χ3v) is 1.29. The maximum Gasteiger partial charge on any atom is 0.0768 e. The molecule has 1 radical (unpaired) electrons. The van der Waals surface area contributed by atoms with E-state index in [-0.39, 0.29) is 32.7 Å². The van der Waals surface area contributed by atoms with Crippen molar-refractivity contribution >= 4 is 0 Å². The van der Waals surface area contributed by atoms with E-state index in [0.717, 1.165) is 25.2 Å². The maximum atomic E-state index is 3.92. The quantitative estimate of drug-likeness (QED) is 0.623. The zero-order chi connectivity index (χ0) is 7.94. The monoisotopic (exact) mass is 239 g/mol. The second kappa shape index (κ2) is 7.78. The molecule has 0 aromatic carbocycles. The molecule has 0 aliphatic heterocycles. The Labute approximate surface area is 98.2 Å². The van der Waals surface area contributed by atoms with Gasteiger partial charge in [-0.1, -0.05) is 0 Å². The minimum absolute atomic E-state index is 0. The van der Waals surface area contributed by atoms with Gasteiger partial charge < -0.3 is 12.2 Å². The second-order valence-corrected chi connectivity index (χ2v) is 2.25. The number of nitrogens with zero attached hydrogens (tertiary/aromatic N) is 2. The van der Waals surface area contributed by atoms with Crippen LogP contribution in [0.2, 0.25) is 0 Å². The summed E-state index contributed by atoms with van der Waals surface area (Å²) < 4.78 is 0. The molecule has 0 unspecified atom stereocenters. The van der Waals surface area contributed by atoms with E-state index in [4.69, 9.17) is 0 Å². The minimum atomic E-state index is 0. The van der Waals surface area contributed by atoms with Crippen LogP contribution < -0.4 is 5.32 Å². The van der Waals surface area contributed by atoms with Crippen LogP contribution in [-0.2, 0) is 39.3 Å². The first kappa shape index (κ1) is 12.1. The van der Waals surface area contributed by atoms with E-state index in [0.29, 0.717) is 0 Å². The summed E-state index contributed by atoms with van der Waals surface area (Å²) in [6, 6.07) is 3.83. The first-order chi connectivity index (χ1) is 5.43. The van der Waals surface area contributed by atoms with Crippen LogP contribution in [0.25, 0.3) is 0 Å². The number of nitrogens with one attached hydrogen (secondary N) is 1. The number of rotatable bonds is 4. The fourth-order valence-corrected chi connectivity index (χ4v) is 0.769. The fourth-order valence-electron chi connectivity index (χ4n) is 0.769. The van der Waals surface area contributed by atoms with E-state index in [1.807, 2.05) is 12.1 Å². The van der Waals surface area contributed by atoms with E-state index >= 15 is 0 Å². The number of hydrogen-bond acceptors (Lipinski definition) is 3. The summed E-state index contributed by atoms with van der Waals surface area (Å²) in [5, 5.41) is 10.9. The number of aromatic nitrogens is 2. The molecule has 12 heavy (non-hydrogen) atoms. The Morgan fingerprint density at radius 1 is 1.50 bits per heavy atom. The van der Waals surface area contributed by atoms with Gasteiger partial charge in [0.15, 0.2) is 0 Å². The Balaban J connectivity index is 0.00000121. The number of hydrogen-bond donors (Lipinski definition) is 1. The fraction of sp³-hybridized carbons (Fsp3) is 0.375. The summed E-state index contributed by atoms with van der Waals surface area (Å²) in [4.78, 5) is 0. The molecule has 0 bridgehead atoms. The molecule has 0 amide bonds. The van der Waals surface area contributed by atoms with Gasteiger partial charge in [0.1, 0.15) is 0 Å². The maximum absolute atomic E-state index is 3.92. The molecule has 1 aromatic rings. The van der Waals surface area contributed by atoms with Gasteiger partial charge in [-0.2, -0.15) is 16.6 Å². The molecule has 0 aliphatic carbocycles. The van der Waals surface area contributed by atoms with Crippen molar-refractivity contribution < 1.29 is 32.7 Å². The third kappa shape index (κ3) is 4.91. The normalized spacial score (nSPS) is 9.08. The van der Waals surface area contributed by atoms with Crippen molar-refractivity contribution in [1.29, 1.82) is 0 Å². The first-order valence-corrected chi connectivity index (χ1v) is 3.70. The van der Waals surface area contributed by atoms with Gasteiger partial charge in [0.2, 0.25) is 0 Å². The van der Waals surface area contributed by atoms with Gasteiger partial charge in [-0.25, -0.2) is 0 Å². The van der Waals surface area contributed by atoms with Crippen LogP contribution in [0.3, 0.4) is 0 Å². The molecule has 0 saturated carbocycles. The summed E-state index contributed by atoms with van der Waals surface area (Å²) >= 11 is 0. The van der Waals surface area contributed by atoms with Crippen LogP contribution in [0, 0.1) is 6.92 Å². The average molecular weight is 239 g/mol. The molecule has 0 atom stereocenters. The van der Waals surface area contributed by atoms with Crippen LogP contribution >= 0.6 is 0 Å². The Morgan fingerprint density at radius 2 is 2.33 bits per heavy atom. The van der Waals surface area contributed by atoms with Gasteiger partial charge in [0.05, 0.1) is 5.69 Å². The SMILES string of the molecule is [CH2-]CCNCc1cccnn1.[Y]. The molecule has 0 aliphatic rings. The van der Waals surface area contributed by atoms with Crippen molar-refractivity contribution in [3.05, 3.63) is 30.9 Å². The molecular weight excluding hydrogens is 227 g/mol. The largest absolute Gasteiger partial charge is 0.342 e. The van der Waals surface area contributed by atoms with E-state index in [1.165, 1.54) is 0 Å². The minimum Gasteiger partial charge on any atom is -0.342 e. The smallest absolute Gasteiger partial charge is 0.0768 e. The molecule has 0 fully saturated rings. The predicted molar refractivity (Wildman–Crippen MR) is 43.7 cm³/mol. The molecule has 0 saturated heterocycles. The average Bonchev–Trinajstić information content (AvgIpc) is 2.07. The van der Waals surface area contributed by atoms with Crippen molar-refractivity contribution in [3.8, 4) is 0 Å². The first-order valence-electron chi connectivity index (χ1n) is 3.70. The Hall–Kier alpha value is 0.144. The molecular formula is C8H12N3Y-. The molecule has 1 N–H and O–H groups in total. The van der Waals surface area contributed by atoms with Crippen molar-refractivity contribution in [2.45, 2.75) is 13.0 Å². The molecule has 4 heteroatoms. The molecule has 0 spiro atoms. The van der Waals surface area contributed by atoms with E-state index < -0.39 is 0 Å². The van der Waals surface area contributed by atoms with Crippen LogP contribution in [0.15, 0.2) is 18.3 Å². The standard InChI is InChI=1S/C8H12N3.Y/c1-2-5-9-7-8-4-3-6-10-11-8;/h3-4,6,9H,1-2,5,7H2;/q-1;. The van der Waals surface area contributed by atoms with E-state index in [2.05, 4.69) is 22.4 Å². The van der Waals surface area contributed by atoms with Crippen LogP contribution in [-0.4, -0.2) is 16.7 Å². The Bertz CT molecular complexity index is 191. The van der Waals surface area contributed by atoms with Crippen molar-refractivity contribution in [1.82, 2.24) is 15.5 Å². The summed E-state index contributed by atoms with van der Waals surface area (Å²) in [5.41, 5.74) is 0.973. The van der Waals surface area contributed by atoms with Gasteiger partial charge in [0.25, 0.3) is 0 Å². The summed E-state index contributed by atoms with van der Waals surface area (Å²) in [7, 11) is 0. The second-order valence-electron chi connectivity index (χ2n) is 2.25. The molecule has 1 heterocycles. The van der Waals surface area contributed by atoms with Crippen LogP contribution in [0.1, 0.15) is 12.1 Å². The molecule has 63 valence electrons. The van der Waals surface area contributed by atoms with E-state index in [9.17, 15) is 0 Å². The topological polar surface area (TPSA) is 37.8 Å². The van der Waals surface area contributed by atoms with Gasteiger partial charge in [-0.05, 0) is 18.7 Å². The van der Waals surface area contributed by atoms with Gasteiger partial charge in [-0.3, -0.25) is 0 Å². The zero-order valence-corrected chi connectivity index (χ0v) is 9.87. The zero-order valence-electron chi connectivity index (χ0n) is 7.03. The van der Waals surface area contributed by atoms with Gasteiger partial charge in [-0.15, -0.1) is 0 Å². The third-order valence-electron chi connectivity index (χ3n) is 1.29. The van der Waals surface area contributed by atoms with Gasteiger partial charge in [0, 0.05) is 45.5 Å². The summed E-state index contributed by atoms with van der Waals surface area (Å²) in [6.45, 7) is 5.43. The Kier molecular flexibility index (Phi) is 7.87. The van der Waals surface area contributed by atoms with Crippen molar-refractivity contribution in [3.63, 3.8) is 0 Å². The predicted octanol–water partition coefficient (Wildman–Crippen LogP) is 0.788. The van der Waals surface area contributed by atoms with Crippen molar-refractivity contribution in [2.75, 3.05) is 6.54 Å². The van der Waals surface area contributed by atoms with E-state index in [1.54, 1.807) is 6.20 Å². The summed E-state index contributed by atoms with van der Waals surface area (Å²) in [6.07, 6.45) is 2.57. The van der Waals surface area contributed by atoms with Gasteiger partial charge >= 0.3 is 0 Å².